The molecule has 0 aromatic heterocycles. The van der Waals surface area contributed by atoms with E-state index in [0.717, 1.165) is 0 Å². The topological polar surface area (TPSA) is 78.7 Å². The molecule has 0 amide bonds. The second-order valence-corrected chi connectivity index (χ2v) is 6.04. The maximum absolute atomic E-state index is 12.3. The van der Waals surface area contributed by atoms with E-state index in [1.165, 1.54) is 6.07 Å². The molecule has 19 heavy (non-hydrogen) atoms. The van der Waals surface area contributed by atoms with Gasteiger partial charge in [-0.25, -0.2) is 0 Å². The fraction of sp³-hybridized carbons (Fsp3) is 0.500. The zero-order chi connectivity index (χ0) is 14.5. The van der Waals surface area contributed by atoms with Crippen LogP contribution >= 0.6 is 7.60 Å². The number of benzene rings is 1. The van der Waals surface area contributed by atoms with Crippen LogP contribution in [-0.4, -0.2) is 18.1 Å². The Kier molecular flexibility index (Phi) is 5.66. The third-order valence-corrected chi connectivity index (χ3v) is 4.54. The van der Waals surface area contributed by atoms with Gasteiger partial charge in [-0.2, -0.15) is 0 Å². The van der Waals surface area contributed by atoms with Gasteiger partial charge in [0.25, 0.3) is 5.69 Å². The lowest BCUT2D eigenvalue weighted by Gasteiger charge is -2.17. The summed E-state index contributed by atoms with van der Waals surface area (Å²) in [6.07, 6.45) is 0.119. The summed E-state index contributed by atoms with van der Waals surface area (Å²) < 4.78 is 22.7. The standard InChI is InChI=1S/C12H18NO5P/c1-4-17-19(16,18-5-2)9-11-6-7-12(13(14)15)10(3)8-11/h6-8H,4-5,9H2,1-3H3. The molecule has 0 aliphatic carbocycles. The zero-order valence-electron chi connectivity index (χ0n) is 11.3. The van der Waals surface area contributed by atoms with E-state index in [4.69, 9.17) is 9.05 Å². The first-order valence-electron chi connectivity index (χ1n) is 6.04. The van der Waals surface area contributed by atoms with Gasteiger partial charge >= 0.3 is 7.60 Å². The van der Waals surface area contributed by atoms with E-state index >= 15 is 0 Å². The van der Waals surface area contributed by atoms with Gasteiger partial charge in [0, 0.05) is 11.6 Å². The van der Waals surface area contributed by atoms with Crippen LogP contribution < -0.4 is 0 Å². The Morgan fingerprint density at radius 1 is 1.26 bits per heavy atom. The number of hydrogen-bond donors (Lipinski definition) is 0. The summed E-state index contributed by atoms with van der Waals surface area (Å²) in [5, 5.41) is 10.7. The average Bonchev–Trinajstić information content (AvgIpc) is 2.28. The van der Waals surface area contributed by atoms with Crippen LogP contribution in [-0.2, 0) is 19.8 Å². The molecule has 0 aliphatic heterocycles. The van der Waals surface area contributed by atoms with E-state index in [1.807, 2.05) is 0 Å². The van der Waals surface area contributed by atoms with Gasteiger partial charge in [-0.1, -0.05) is 6.07 Å². The van der Waals surface area contributed by atoms with Crippen molar-refractivity contribution in [2.45, 2.75) is 26.9 Å². The van der Waals surface area contributed by atoms with Crippen LogP contribution in [0.5, 0.6) is 0 Å². The van der Waals surface area contributed by atoms with E-state index in [0.29, 0.717) is 24.3 Å². The fourth-order valence-electron chi connectivity index (χ4n) is 1.77. The SMILES string of the molecule is CCOP(=O)(Cc1ccc([N+](=O)[O-])c(C)c1)OCC. The molecule has 0 spiro atoms. The summed E-state index contributed by atoms with van der Waals surface area (Å²) >= 11 is 0. The summed E-state index contributed by atoms with van der Waals surface area (Å²) in [4.78, 5) is 10.3. The van der Waals surface area contributed by atoms with Crippen molar-refractivity contribution in [3.8, 4) is 0 Å². The molecule has 0 atom stereocenters. The Balaban J connectivity index is 2.95. The van der Waals surface area contributed by atoms with Crippen molar-refractivity contribution >= 4 is 13.3 Å². The highest BCUT2D eigenvalue weighted by molar-refractivity contribution is 7.53. The lowest BCUT2D eigenvalue weighted by atomic mass is 10.1. The minimum Gasteiger partial charge on any atom is -0.309 e. The van der Waals surface area contributed by atoms with Gasteiger partial charge in [0.05, 0.1) is 24.3 Å². The normalized spacial score (nSPS) is 11.5. The Morgan fingerprint density at radius 3 is 2.26 bits per heavy atom. The van der Waals surface area contributed by atoms with E-state index in [2.05, 4.69) is 0 Å². The Labute approximate surface area is 112 Å². The van der Waals surface area contributed by atoms with Gasteiger partial charge in [-0.15, -0.1) is 0 Å². The third-order valence-electron chi connectivity index (χ3n) is 2.49. The predicted octanol–water partition coefficient (Wildman–Crippen LogP) is 3.67. The van der Waals surface area contributed by atoms with Crippen molar-refractivity contribution in [2.75, 3.05) is 13.2 Å². The summed E-state index contributed by atoms with van der Waals surface area (Å²) in [6.45, 7) is 5.72. The molecule has 106 valence electrons. The number of rotatable bonds is 7. The number of aryl methyl sites for hydroxylation is 1. The number of nitro benzene ring substituents is 1. The van der Waals surface area contributed by atoms with Crippen LogP contribution in [0, 0.1) is 17.0 Å². The molecule has 0 saturated carbocycles. The summed E-state index contributed by atoms with van der Waals surface area (Å²) in [7, 11) is -3.17. The first-order chi connectivity index (χ1) is 8.91. The molecule has 1 aromatic carbocycles. The van der Waals surface area contributed by atoms with Gasteiger partial charge in [0.2, 0.25) is 0 Å². The molecule has 0 radical (unpaired) electrons. The van der Waals surface area contributed by atoms with Crippen LogP contribution in [0.2, 0.25) is 0 Å². The maximum Gasteiger partial charge on any atom is 0.335 e. The molecule has 0 saturated heterocycles. The molecule has 0 aliphatic rings. The predicted molar refractivity (Wildman–Crippen MR) is 72.4 cm³/mol. The lowest BCUT2D eigenvalue weighted by Crippen LogP contribution is -2.00. The van der Waals surface area contributed by atoms with Crippen molar-refractivity contribution < 1.29 is 18.5 Å². The molecule has 0 N–H and O–H groups in total. The number of nitro groups is 1. The molecular weight excluding hydrogens is 269 g/mol. The second kappa shape index (κ2) is 6.80. The minimum absolute atomic E-state index is 0.0476. The van der Waals surface area contributed by atoms with Crippen LogP contribution in [0.15, 0.2) is 18.2 Å². The van der Waals surface area contributed by atoms with E-state index < -0.39 is 12.5 Å². The van der Waals surface area contributed by atoms with E-state index in [-0.39, 0.29) is 11.8 Å². The maximum atomic E-state index is 12.3. The molecular formula is C12H18NO5P. The molecule has 1 aromatic rings. The third kappa shape index (κ3) is 4.42. The largest absolute Gasteiger partial charge is 0.335 e. The highest BCUT2D eigenvalue weighted by atomic mass is 31.2. The lowest BCUT2D eigenvalue weighted by molar-refractivity contribution is -0.385. The fourth-order valence-corrected chi connectivity index (χ4v) is 3.45. The average molecular weight is 287 g/mol. The van der Waals surface area contributed by atoms with E-state index in [1.54, 1.807) is 32.9 Å². The van der Waals surface area contributed by atoms with Crippen molar-refractivity contribution in [2.24, 2.45) is 0 Å². The Bertz CT molecular complexity index is 493. The smallest absolute Gasteiger partial charge is 0.309 e. The van der Waals surface area contributed by atoms with Crippen molar-refractivity contribution in [3.05, 3.63) is 39.4 Å². The van der Waals surface area contributed by atoms with Crippen molar-refractivity contribution in [1.82, 2.24) is 0 Å². The quantitative estimate of drug-likeness (QED) is 0.434. The molecule has 0 heterocycles. The monoisotopic (exact) mass is 287 g/mol. The highest BCUT2D eigenvalue weighted by Crippen LogP contribution is 2.51. The first kappa shape index (κ1) is 15.8. The first-order valence-corrected chi connectivity index (χ1v) is 7.76. The molecule has 6 nitrogen and oxygen atoms in total. The van der Waals surface area contributed by atoms with Gasteiger partial charge in [-0.05, 0) is 32.4 Å². The Hall–Kier alpha value is -1.23. The molecule has 0 bridgehead atoms. The number of hydrogen-bond acceptors (Lipinski definition) is 5. The number of nitrogens with zero attached hydrogens (tertiary/aromatic N) is 1. The molecule has 1 rings (SSSR count). The summed E-state index contributed by atoms with van der Waals surface area (Å²) in [6, 6.07) is 4.63. The molecule has 0 fully saturated rings. The van der Waals surface area contributed by atoms with Crippen LogP contribution in [0.25, 0.3) is 0 Å². The van der Waals surface area contributed by atoms with Gasteiger partial charge in [0.15, 0.2) is 0 Å². The van der Waals surface area contributed by atoms with Gasteiger partial charge < -0.3 is 9.05 Å². The van der Waals surface area contributed by atoms with Gasteiger partial charge in [-0.3, -0.25) is 14.7 Å². The summed E-state index contributed by atoms with van der Waals surface area (Å²) in [5.41, 5.74) is 1.28. The van der Waals surface area contributed by atoms with Crippen LogP contribution in [0.3, 0.4) is 0 Å². The second-order valence-electron chi connectivity index (χ2n) is 3.98. The van der Waals surface area contributed by atoms with Crippen molar-refractivity contribution in [1.29, 1.82) is 0 Å². The highest BCUT2D eigenvalue weighted by Gasteiger charge is 2.24. The Morgan fingerprint density at radius 2 is 1.84 bits per heavy atom. The van der Waals surface area contributed by atoms with Gasteiger partial charge in [0.1, 0.15) is 0 Å². The summed E-state index contributed by atoms with van der Waals surface area (Å²) in [5.74, 6) is 0. The van der Waals surface area contributed by atoms with Crippen LogP contribution in [0.4, 0.5) is 5.69 Å². The zero-order valence-corrected chi connectivity index (χ0v) is 12.2. The van der Waals surface area contributed by atoms with Crippen LogP contribution in [0.1, 0.15) is 25.0 Å². The van der Waals surface area contributed by atoms with Crippen molar-refractivity contribution in [3.63, 3.8) is 0 Å². The van der Waals surface area contributed by atoms with E-state index in [9.17, 15) is 14.7 Å². The minimum atomic E-state index is -3.17. The molecule has 7 heteroatoms. The molecule has 0 unspecified atom stereocenters.